The number of rotatable bonds is 2. The van der Waals surface area contributed by atoms with Crippen LogP contribution in [0.1, 0.15) is 0 Å². The van der Waals surface area contributed by atoms with Gasteiger partial charge in [-0.05, 0) is 12.1 Å². The molecule has 0 atom stereocenters. The van der Waals surface area contributed by atoms with Crippen LogP contribution in [0.2, 0.25) is 5.15 Å². The van der Waals surface area contributed by atoms with Crippen LogP contribution < -0.4 is 5.06 Å². The first-order valence-electron chi connectivity index (χ1n) is 5.72. The van der Waals surface area contributed by atoms with Gasteiger partial charge in [-0.3, -0.25) is 0 Å². The van der Waals surface area contributed by atoms with E-state index in [1.807, 2.05) is 0 Å². The van der Waals surface area contributed by atoms with E-state index in [-0.39, 0.29) is 26.5 Å². The molecule has 0 aliphatic carbocycles. The number of anilines is 1. The molecule has 0 saturated heterocycles. The number of alkyl halides is 3. The summed E-state index contributed by atoms with van der Waals surface area (Å²) in [7, 11) is 0. The van der Waals surface area contributed by atoms with Gasteiger partial charge in [0, 0.05) is 10.9 Å². The number of hydrogen-bond donors (Lipinski definition) is 1. The van der Waals surface area contributed by atoms with E-state index in [4.69, 9.17) is 16.7 Å². The number of aromatic nitrogens is 1. The molecule has 23 heavy (non-hydrogen) atoms. The maximum Gasteiger partial charge on any atom is 0.493 e. The van der Waals surface area contributed by atoms with Crippen molar-refractivity contribution in [2.45, 2.75) is 6.18 Å². The van der Waals surface area contributed by atoms with Crippen molar-refractivity contribution in [1.29, 1.82) is 0 Å². The SMILES string of the molecule is O=C(O)N(OC(=O)C(F)(F)F)c1ccccc1-c1nc(Cl)cs1. The molecule has 1 aromatic carbocycles. The summed E-state index contributed by atoms with van der Waals surface area (Å²) in [5.74, 6) is -2.66. The number of thiazole rings is 1. The molecule has 1 N–H and O–H groups in total. The number of benzene rings is 1. The largest absolute Gasteiger partial charge is 0.493 e. The van der Waals surface area contributed by atoms with Gasteiger partial charge in [0.15, 0.2) is 0 Å². The zero-order valence-corrected chi connectivity index (χ0v) is 12.4. The number of carboxylic acid groups (broad SMARTS) is 1. The topological polar surface area (TPSA) is 79.7 Å². The molecule has 1 heterocycles. The third kappa shape index (κ3) is 3.90. The van der Waals surface area contributed by atoms with Gasteiger partial charge >= 0.3 is 18.2 Å². The molecule has 11 heteroatoms. The van der Waals surface area contributed by atoms with Gasteiger partial charge in [0.25, 0.3) is 0 Å². The van der Waals surface area contributed by atoms with E-state index in [9.17, 15) is 22.8 Å². The highest BCUT2D eigenvalue weighted by Crippen LogP contribution is 2.34. The number of para-hydroxylation sites is 1. The number of nitrogens with zero attached hydrogens (tertiary/aromatic N) is 2. The average molecular weight is 367 g/mol. The van der Waals surface area contributed by atoms with Gasteiger partial charge in [0.2, 0.25) is 0 Å². The highest BCUT2D eigenvalue weighted by Gasteiger charge is 2.44. The van der Waals surface area contributed by atoms with Gasteiger partial charge in [-0.15, -0.1) is 16.4 Å². The molecule has 0 saturated carbocycles. The van der Waals surface area contributed by atoms with E-state index in [1.54, 1.807) is 0 Å². The molecule has 0 bridgehead atoms. The highest BCUT2D eigenvalue weighted by atomic mass is 35.5. The van der Waals surface area contributed by atoms with Crippen LogP contribution in [0.5, 0.6) is 0 Å². The lowest BCUT2D eigenvalue weighted by molar-refractivity contribution is -0.200. The first kappa shape index (κ1) is 17.0. The third-order valence-electron chi connectivity index (χ3n) is 2.41. The molecule has 2 aromatic rings. The summed E-state index contributed by atoms with van der Waals surface area (Å²) in [6, 6.07) is 5.45. The third-order valence-corrected chi connectivity index (χ3v) is 3.61. The van der Waals surface area contributed by atoms with Gasteiger partial charge in [-0.2, -0.15) is 13.2 Å². The summed E-state index contributed by atoms with van der Waals surface area (Å²) in [6.07, 6.45) is -7.25. The minimum atomic E-state index is -5.34. The summed E-state index contributed by atoms with van der Waals surface area (Å²) in [6.45, 7) is 0. The molecule has 0 spiro atoms. The Kier molecular flexibility index (Phi) is 4.76. The molecule has 0 aliphatic rings. The Labute approximate surface area is 135 Å². The zero-order chi connectivity index (χ0) is 17.2. The lowest BCUT2D eigenvalue weighted by atomic mass is 10.2. The maximum absolute atomic E-state index is 12.3. The first-order valence-corrected chi connectivity index (χ1v) is 6.98. The minimum absolute atomic E-state index is 0.133. The summed E-state index contributed by atoms with van der Waals surface area (Å²) in [5, 5.41) is 10.7. The molecule has 0 fully saturated rings. The number of hydrogen-bond acceptors (Lipinski definition) is 5. The van der Waals surface area contributed by atoms with E-state index in [0.717, 1.165) is 11.3 Å². The number of halogens is 4. The normalized spacial score (nSPS) is 11.1. The quantitative estimate of drug-likeness (QED) is 0.813. The van der Waals surface area contributed by atoms with Crippen molar-refractivity contribution >= 4 is 40.7 Å². The Balaban J connectivity index is 2.45. The number of carbonyl (C=O) groups excluding carboxylic acids is 1. The van der Waals surface area contributed by atoms with Crippen molar-refractivity contribution < 1.29 is 32.7 Å². The van der Waals surface area contributed by atoms with E-state index in [1.165, 1.54) is 29.6 Å². The monoisotopic (exact) mass is 366 g/mol. The number of carbonyl (C=O) groups is 2. The Hall–Kier alpha value is -2.33. The van der Waals surface area contributed by atoms with Crippen molar-refractivity contribution in [3.05, 3.63) is 34.8 Å². The maximum atomic E-state index is 12.3. The van der Waals surface area contributed by atoms with Crippen LogP contribution >= 0.6 is 22.9 Å². The second-order valence-electron chi connectivity index (χ2n) is 3.95. The summed E-state index contributed by atoms with van der Waals surface area (Å²) < 4.78 is 36.9. The van der Waals surface area contributed by atoms with Crippen LogP contribution in [0.4, 0.5) is 23.7 Å². The summed E-state index contributed by atoms with van der Waals surface area (Å²) >= 11 is 6.73. The molecule has 1 aromatic heterocycles. The van der Waals surface area contributed by atoms with Crippen LogP contribution in [0, 0.1) is 0 Å². The first-order chi connectivity index (χ1) is 10.7. The minimum Gasteiger partial charge on any atom is -0.463 e. The molecule has 1 amide bonds. The molecule has 0 unspecified atom stereocenters. The Morgan fingerprint density at radius 3 is 2.48 bits per heavy atom. The van der Waals surface area contributed by atoms with E-state index in [0.29, 0.717) is 0 Å². The molecular weight excluding hydrogens is 361 g/mol. The van der Waals surface area contributed by atoms with Gasteiger partial charge in [-0.25, -0.2) is 14.6 Å². The number of amides is 1. The molecule has 2 rings (SSSR count). The second-order valence-corrected chi connectivity index (χ2v) is 5.19. The fourth-order valence-electron chi connectivity index (χ4n) is 1.54. The van der Waals surface area contributed by atoms with Crippen LogP contribution in [0.3, 0.4) is 0 Å². The predicted molar refractivity (Wildman–Crippen MR) is 75.2 cm³/mol. The molecular formula is C12H6ClF3N2O4S. The zero-order valence-electron chi connectivity index (χ0n) is 10.9. The standard InChI is InChI=1S/C12H6ClF3N2O4S/c13-8-5-23-9(17-8)6-3-1-2-4-7(6)18(11(20)21)22-10(19)12(14,15)16/h1-5H,(H,20,21). The van der Waals surface area contributed by atoms with Gasteiger partial charge in [0.1, 0.15) is 10.2 Å². The Morgan fingerprint density at radius 2 is 1.96 bits per heavy atom. The summed E-state index contributed by atoms with van der Waals surface area (Å²) in [5.41, 5.74) is -0.162. The number of hydroxylamine groups is 1. The molecule has 0 radical (unpaired) electrons. The highest BCUT2D eigenvalue weighted by molar-refractivity contribution is 7.13. The van der Waals surface area contributed by atoms with E-state index >= 15 is 0 Å². The van der Waals surface area contributed by atoms with Crippen LogP contribution in [-0.2, 0) is 9.63 Å². The van der Waals surface area contributed by atoms with Crippen molar-refractivity contribution in [2.75, 3.05) is 5.06 Å². The van der Waals surface area contributed by atoms with Gasteiger partial charge < -0.3 is 9.94 Å². The van der Waals surface area contributed by atoms with Crippen molar-refractivity contribution in [3.8, 4) is 10.6 Å². The Morgan fingerprint density at radius 1 is 1.30 bits per heavy atom. The lowest BCUT2D eigenvalue weighted by Crippen LogP contribution is -2.38. The second kappa shape index (κ2) is 6.42. The van der Waals surface area contributed by atoms with Crippen LogP contribution in [-0.4, -0.2) is 28.3 Å². The fourth-order valence-corrected chi connectivity index (χ4v) is 2.52. The van der Waals surface area contributed by atoms with Gasteiger partial charge in [0.05, 0.1) is 5.69 Å². The lowest BCUT2D eigenvalue weighted by Gasteiger charge is -2.20. The Bertz CT molecular complexity index is 750. The smallest absolute Gasteiger partial charge is 0.463 e. The van der Waals surface area contributed by atoms with E-state index in [2.05, 4.69) is 9.82 Å². The van der Waals surface area contributed by atoms with Crippen molar-refractivity contribution in [1.82, 2.24) is 4.98 Å². The van der Waals surface area contributed by atoms with E-state index < -0.39 is 18.2 Å². The summed E-state index contributed by atoms with van der Waals surface area (Å²) in [4.78, 5) is 30.0. The molecule has 122 valence electrons. The van der Waals surface area contributed by atoms with Crippen molar-refractivity contribution in [3.63, 3.8) is 0 Å². The molecule has 6 nitrogen and oxygen atoms in total. The molecule has 0 aliphatic heterocycles. The fraction of sp³-hybridized carbons (Fsp3) is 0.0833. The van der Waals surface area contributed by atoms with Crippen molar-refractivity contribution in [2.24, 2.45) is 0 Å². The van der Waals surface area contributed by atoms with Gasteiger partial charge in [-0.1, -0.05) is 23.7 Å². The average Bonchev–Trinajstić information content (AvgIpc) is 2.89. The van der Waals surface area contributed by atoms with Crippen LogP contribution in [0.15, 0.2) is 29.6 Å². The predicted octanol–water partition coefficient (Wildman–Crippen LogP) is 3.97. The van der Waals surface area contributed by atoms with Crippen LogP contribution in [0.25, 0.3) is 10.6 Å².